The maximum atomic E-state index is 9.90. The first kappa shape index (κ1) is 17.7. The molecule has 0 amide bonds. The van der Waals surface area contributed by atoms with Crippen molar-refractivity contribution >= 4 is 12.2 Å². The molecular formula is C13H22N2O4. The van der Waals surface area contributed by atoms with Crippen LogP contribution in [0.5, 0.6) is 0 Å². The van der Waals surface area contributed by atoms with Gasteiger partial charge < -0.3 is 9.47 Å². The molecule has 0 bridgehead atoms. The lowest BCUT2D eigenvalue weighted by molar-refractivity contribution is -0.194. The van der Waals surface area contributed by atoms with E-state index in [4.69, 9.17) is 9.47 Å². The van der Waals surface area contributed by atoms with E-state index >= 15 is 0 Å². The molecule has 0 saturated carbocycles. The number of hydrogen-bond acceptors (Lipinski definition) is 6. The molecule has 0 N–H and O–H groups in total. The van der Waals surface area contributed by atoms with Crippen molar-refractivity contribution in [3.8, 4) is 0 Å². The molecule has 0 aromatic rings. The van der Waals surface area contributed by atoms with E-state index in [9.17, 15) is 9.59 Å². The summed E-state index contributed by atoms with van der Waals surface area (Å²) in [4.78, 5) is 26.7. The van der Waals surface area contributed by atoms with Crippen LogP contribution in [-0.4, -0.2) is 44.8 Å². The van der Waals surface area contributed by atoms with Gasteiger partial charge in [0.2, 0.25) is 12.2 Å². The van der Waals surface area contributed by atoms with Crippen LogP contribution in [0.4, 0.5) is 0 Å². The first-order valence-corrected chi connectivity index (χ1v) is 6.33. The number of isocyanates is 2. The van der Waals surface area contributed by atoms with Crippen LogP contribution in [0, 0.1) is 5.41 Å². The van der Waals surface area contributed by atoms with E-state index in [0.29, 0.717) is 39.1 Å². The molecular weight excluding hydrogens is 248 g/mol. The average molecular weight is 270 g/mol. The molecule has 19 heavy (non-hydrogen) atoms. The predicted molar refractivity (Wildman–Crippen MR) is 70.4 cm³/mol. The third-order valence-corrected chi connectivity index (χ3v) is 2.20. The Morgan fingerprint density at radius 1 is 0.947 bits per heavy atom. The normalized spacial score (nSPS) is 12.4. The van der Waals surface area contributed by atoms with Crippen LogP contribution in [0.15, 0.2) is 9.98 Å². The van der Waals surface area contributed by atoms with E-state index in [0.717, 1.165) is 0 Å². The van der Waals surface area contributed by atoms with Gasteiger partial charge in [0.1, 0.15) is 0 Å². The molecule has 0 fully saturated rings. The number of hydrogen-bond donors (Lipinski definition) is 0. The molecule has 108 valence electrons. The van der Waals surface area contributed by atoms with E-state index in [2.05, 4.69) is 9.98 Å². The van der Waals surface area contributed by atoms with Crippen molar-refractivity contribution in [3.05, 3.63) is 0 Å². The lowest BCUT2D eigenvalue weighted by atomic mass is 9.96. The third-order valence-electron chi connectivity index (χ3n) is 2.20. The van der Waals surface area contributed by atoms with Gasteiger partial charge in [-0.2, -0.15) is 0 Å². The second kappa shape index (κ2) is 10.6. The quantitative estimate of drug-likeness (QED) is 0.263. The highest BCUT2D eigenvalue weighted by atomic mass is 16.7. The van der Waals surface area contributed by atoms with Crippen molar-refractivity contribution in [1.82, 2.24) is 0 Å². The fraction of sp³-hybridized carbons (Fsp3) is 0.846. The summed E-state index contributed by atoms with van der Waals surface area (Å²) in [5.41, 5.74) is -0.151. The van der Waals surface area contributed by atoms with Crippen LogP contribution in [0.25, 0.3) is 0 Å². The van der Waals surface area contributed by atoms with E-state index < -0.39 is 0 Å². The number of aliphatic imine (C=N–C) groups is 2. The first-order chi connectivity index (χ1) is 9.02. The van der Waals surface area contributed by atoms with E-state index in [1.165, 1.54) is 12.2 Å². The number of ether oxygens (including phenoxy) is 2. The number of nitrogens with zero attached hydrogens (tertiary/aromatic N) is 2. The fourth-order valence-corrected chi connectivity index (χ4v) is 1.31. The minimum absolute atomic E-state index is 0.151. The summed E-state index contributed by atoms with van der Waals surface area (Å²) in [7, 11) is 0. The molecule has 6 nitrogen and oxygen atoms in total. The Morgan fingerprint density at radius 2 is 1.37 bits per heavy atom. The van der Waals surface area contributed by atoms with Gasteiger partial charge in [0.05, 0.1) is 26.3 Å². The van der Waals surface area contributed by atoms with Gasteiger partial charge in [-0.3, -0.25) is 0 Å². The van der Waals surface area contributed by atoms with Gasteiger partial charge in [0.25, 0.3) is 0 Å². The Hall–Kier alpha value is -1.32. The molecule has 0 heterocycles. The highest BCUT2D eigenvalue weighted by Crippen LogP contribution is 2.23. The van der Waals surface area contributed by atoms with Crippen molar-refractivity contribution in [2.75, 3.05) is 26.3 Å². The lowest BCUT2D eigenvalue weighted by Crippen LogP contribution is -2.33. The summed E-state index contributed by atoms with van der Waals surface area (Å²) < 4.78 is 11.3. The standard InChI is InChI=1S/C13H22N2O4/c1-13(2,3)12(18-8-4-6-14-10-16)19-9-5-7-15-11-17/h12H,4-9H2,1-3H3. The van der Waals surface area contributed by atoms with Gasteiger partial charge in [-0.05, 0) is 12.8 Å². The smallest absolute Gasteiger partial charge is 0.234 e. The second-order valence-corrected chi connectivity index (χ2v) is 5.09. The molecule has 0 radical (unpaired) electrons. The molecule has 0 aromatic carbocycles. The molecule has 0 spiro atoms. The zero-order valence-electron chi connectivity index (χ0n) is 11.8. The number of rotatable bonds is 10. The molecule has 0 atom stereocenters. The summed E-state index contributed by atoms with van der Waals surface area (Å²) >= 11 is 0. The third kappa shape index (κ3) is 10.3. The molecule has 0 unspecified atom stereocenters. The van der Waals surface area contributed by atoms with Crippen molar-refractivity contribution < 1.29 is 19.1 Å². The minimum atomic E-state index is -0.340. The number of carbonyl (C=O) groups excluding carboxylic acids is 2. The average Bonchev–Trinajstić information content (AvgIpc) is 2.34. The monoisotopic (exact) mass is 270 g/mol. The highest BCUT2D eigenvalue weighted by molar-refractivity contribution is 5.32. The van der Waals surface area contributed by atoms with Gasteiger partial charge in [-0.15, -0.1) is 0 Å². The van der Waals surface area contributed by atoms with Gasteiger partial charge in [0.15, 0.2) is 6.29 Å². The largest absolute Gasteiger partial charge is 0.352 e. The van der Waals surface area contributed by atoms with Crippen molar-refractivity contribution in [2.24, 2.45) is 15.4 Å². The Labute approximate surface area is 113 Å². The topological polar surface area (TPSA) is 77.3 Å². The molecule has 0 aliphatic heterocycles. The summed E-state index contributed by atoms with van der Waals surface area (Å²) in [5, 5.41) is 0. The van der Waals surface area contributed by atoms with Gasteiger partial charge in [-0.25, -0.2) is 19.6 Å². The van der Waals surface area contributed by atoms with Crippen LogP contribution in [0.2, 0.25) is 0 Å². The molecule has 6 heteroatoms. The maximum Gasteiger partial charge on any atom is 0.234 e. The van der Waals surface area contributed by atoms with Crippen LogP contribution in [-0.2, 0) is 19.1 Å². The second-order valence-electron chi connectivity index (χ2n) is 5.09. The molecule has 0 saturated heterocycles. The maximum absolute atomic E-state index is 9.90. The van der Waals surface area contributed by atoms with Crippen molar-refractivity contribution in [2.45, 2.75) is 39.9 Å². The molecule has 0 rings (SSSR count). The van der Waals surface area contributed by atoms with Gasteiger partial charge >= 0.3 is 0 Å². The van der Waals surface area contributed by atoms with Gasteiger partial charge in [-0.1, -0.05) is 20.8 Å². The zero-order valence-corrected chi connectivity index (χ0v) is 11.8. The Morgan fingerprint density at radius 3 is 1.68 bits per heavy atom. The Balaban J connectivity index is 3.96. The van der Waals surface area contributed by atoms with Crippen molar-refractivity contribution in [1.29, 1.82) is 0 Å². The van der Waals surface area contributed by atoms with E-state index in [1.54, 1.807) is 0 Å². The molecule has 0 aromatic heterocycles. The summed E-state index contributed by atoms with van der Waals surface area (Å²) in [6.07, 6.45) is 3.94. The zero-order chi connectivity index (χ0) is 14.6. The van der Waals surface area contributed by atoms with Crippen LogP contribution < -0.4 is 0 Å². The SMILES string of the molecule is CC(C)(C)C(OCCCN=C=O)OCCCN=C=O. The van der Waals surface area contributed by atoms with Crippen LogP contribution in [0.3, 0.4) is 0 Å². The molecule has 0 aliphatic carbocycles. The Bertz CT molecular complexity index is 300. The van der Waals surface area contributed by atoms with Crippen LogP contribution >= 0.6 is 0 Å². The molecule has 0 aliphatic rings. The summed E-state index contributed by atoms with van der Waals surface area (Å²) in [6, 6.07) is 0. The van der Waals surface area contributed by atoms with E-state index in [-0.39, 0.29) is 11.7 Å². The summed E-state index contributed by atoms with van der Waals surface area (Å²) in [6.45, 7) is 7.82. The predicted octanol–water partition coefficient (Wildman–Crippen LogP) is 1.84. The van der Waals surface area contributed by atoms with E-state index in [1.807, 2.05) is 20.8 Å². The van der Waals surface area contributed by atoms with Crippen LogP contribution in [0.1, 0.15) is 33.6 Å². The fourth-order valence-electron chi connectivity index (χ4n) is 1.31. The van der Waals surface area contributed by atoms with Gasteiger partial charge in [0, 0.05) is 5.41 Å². The minimum Gasteiger partial charge on any atom is -0.352 e. The first-order valence-electron chi connectivity index (χ1n) is 6.33. The Kier molecular flexibility index (Phi) is 9.85. The van der Waals surface area contributed by atoms with Crippen molar-refractivity contribution in [3.63, 3.8) is 0 Å². The highest BCUT2D eigenvalue weighted by Gasteiger charge is 2.25. The summed E-state index contributed by atoms with van der Waals surface area (Å²) in [5.74, 6) is 0. The lowest BCUT2D eigenvalue weighted by Gasteiger charge is -2.30.